The number of hydrogen-bond donors (Lipinski definition) is 2. The zero-order chi connectivity index (χ0) is 16.5. The molecule has 2 aromatic heterocycles. The molecule has 0 saturated heterocycles. The Balaban J connectivity index is 1.69. The van der Waals surface area contributed by atoms with Crippen molar-refractivity contribution in [3.05, 3.63) is 29.0 Å². The predicted octanol–water partition coefficient (Wildman–Crippen LogP) is 3.90. The first-order chi connectivity index (χ1) is 11.7. The maximum Gasteiger partial charge on any atom is 0.245 e. The summed E-state index contributed by atoms with van der Waals surface area (Å²) < 4.78 is 18.3. The quantitative estimate of drug-likeness (QED) is 0.739. The second kappa shape index (κ2) is 6.20. The van der Waals surface area contributed by atoms with Crippen LogP contribution in [-0.4, -0.2) is 26.3 Å². The van der Waals surface area contributed by atoms with E-state index in [1.807, 2.05) is 0 Å². The first-order valence-corrected chi connectivity index (χ1v) is 8.06. The minimum absolute atomic E-state index is 0.0621. The number of rotatable bonds is 4. The summed E-state index contributed by atoms with van der Waals surface area (Å²) in [5, 5.41) is 13.9. The summed E-state index contributed by atoms with van der Waals surface area (Å²) in [5.74, 6) is 0.469. The number of nitrogens with zero attached hydrogens (tertiary/aromatic N) is 4. The van der Waals surface area contributed by atoms with E-state index < -0.39 is 5.82 Å². The standard InChI is InChI=1S/C15H14ClFN6O/c16-10-6-5-9(7-11(10)17)19-13-12(18-8-3-1-2-4-8)20-14-15(21-13)23-24-22-14/h5-8H,1-4H2,(H,18,20,22)(H,19,21,23). The molecule has 7 nitrogen and oxygen atoms in total. The van der Waals surface area contributed by atoms with Crippen molar-refractivity contribution in [3.63, 3.8) is 0 Å². The normalized spacial score (nSPS) is 15.1. The minimum atomic E-state index is -0.510. The highest BCUT2D eigenvalue weighted by atomic mass is 35.5. The van der Waals surface area contributed by atoms with E-state index in [1.165, 1.54) is 25.0 Å². The largest absolute Gasteiger partial charge is 0.364 e. The van der Waals surface area contributed by atoms with Crippen LogP contribution in [0.15, 0.2) is 22.8 Å². The smallest absolute Gasteiger partial charge is 0.245 e. The Bertz CT molecular complexity index is 880. The Labute approximate surface area is 141 Å². The lowest BCUT2D eigenvalue weighted by Crippen LogP contribution is -2.17. The molecule has 1 saturated carbocycles. The first-order valence-electron chi connectivity index (χ1n) is 7.68. The summed E-state index contributed by atoms with van der Waals surface area (Å²) in [4.78, 5) is 8.78. The van der Waals surface area contributed by atoms with Gasteiger partial charge in [-0.15, -0.1) is 0 Å². The Morgan fingerprint density at radius 1 is 1.08 bits per heavy atom. The van der Waals surface area contributed by atoms with Crippen LogP contribution < -0.4 is 10.6 Å². The molecule has 0 unspecified atom stereocenters. The van der Waals surface area contributed by atoms with E-state index in [2.05, 4.69) is 35.5 Å². The monoisotopic (exact) mass is 348 g/mol. The number of aromatic nitrogens is 4. The van der Waals surface area contributed by atoms with Crippen LogP contribution in [0.3, 0.4) is 0 Å². The molecule has 24 heavy (non-hydrogen) atoms. The maximum absolute atomic E-state index is 13.7. The molecule has 0 bridgehead atoms. The van der Waals surface area contributed by atoms with Gasteiger partial charge in [0, 0.05) is 11.7 Å². The van der Waals surface area contributed by atoms with Gasteiger partial charge in [0.15, 0.2) is 11.6 Å². The van der Waals surface area contributed by atoms with Crippen molar-refractivity contribution in [2.45, 2.75) is 31.7 Å². The van der Waals surface area contributed by atoms with Crippen LogP contribution in [0.1, 0.15) is 25.7 Å². The second-order valence-electron chi connectivity index (χ2n) is 5.71. The van der Waals surface area contributed by atoms with Gasteiger partial charge in [-0.3, -0.25) is 0 Å². The molecule has 124 valence electrons. The fourth-order valence-corrected chi connectivity index (χ4v) is 2.92. The van der Waals surface area contributed by atoms with Crippen molar-refractivity contribution in [3.8, 4) is 0 Å². The predicted molar refractivity (Wildman–Crippen MR) is 88.0 cm³/mol. The van der Waals surface area contributed by atoms with Crippen molar-refractivity contribution < 1.29 is 9.02 Å². The molecule has 9 heteroatoms. The molecule has 1 aromatic carbocycles. The Morgan fingerprint density at radius 3 is 2.50 bits per heavy atom. The summed E-state index contributed by atoms with van der Waals surface area (Å²) in [5.41, 5.74) is 1.11. The molecule has 0 atom stereocenters. The van der Waals surface area contributed by atoms with Crippen LogP contribution >= 0.6 is 11.6 Å². The van der Waals surface area contributed by atoms with Gasteiger partial charge in [-0.05, 0) is 41.4 Å². The average molecular weight is 349 g/mol. The van der Waals surface area contributed by atoms with Gasteiger partial charge in [-0.2, -0.15) is 0 Å². The Morgan fingerprint density at radius 2 is 1.79 bits per heavy atom. The zero-order valence-corrected chi connectivity index (χ0v) is 13.3. The van der Waals surface area contributed by atoms with Crippen molar-refractivity contribution in [1.29, 1.82) is 0 Å². The van der Waals surface area contributed by atoms with Crippen molar-refractivity contribution >= 4 is 40.2 Å². The molecule has 2 N–H and O–H groups in total. The summed E-state index contributed by atoms with van der Waals surface area (Å²) in [6.07, 6.45) is 4.52. The fraction of sp³-hybridized carbons (Fsp3) is 0.333. The molecule has 4 rings (SSSR count). The van der Waals surface area contributed by atoms with E-state index in [1.54, 1.807) is 6.07 Å². The van der Waals surface area contributed by atoms with Gasteiger partial charge >= 0.3 is 0 Å². The lowest BCUT2D eigenvalue weighted by Gasteiger charge is -2.16. The summed E-state index contributed by atoms with van der Waals surface area (Å²) >= 11 is 5.72. The van der Waals surface area contributed by atoms with E-state index in [-0.39, 0.29) is 10.7 Å². The molecule has 1 fully saturated rings. The summed E-state index contributed by atoms with van der Waals surface area (Å²) in [6, 6.07) is 4.78. The molecule has 3 aromatic rings. The van der Waals surface area contributed by atoms with E-state index in [9.17, 15) is 4.39 Å². The van der Waals surface area contributed by atoms with Crippen LogP contribution in [0.4, 0.5) is 21.7 Å². The second-order valence-corrected chi connectivity index (χ2v) is 6.12. The van der Waals surface area contributed by atoms with Crippen molar-refractivity contribution in [2.24, 2.45) is 0 Å². The van der Waals surface area contributed by atoms with E-state index in [0.29, 0.717) is 29.0 Å². The number of nitrogens with one attached hydrogen (secondary N) is 2. The highest BCUT2D eigenvalue weighted by Gasteiger charge is 2.19. The van der Waals surface area contributed by atoms with Crippen LogP contribution in [-0.2, 0) is 0 Å². The molecule has 1 aliphatic rings. The van der Waals surface area contributed by atoms with E-state index >= 15 is 0 Å². The molecule has 0 radical (unpaired) electrons. The summed E-state index contributed by atoms with van der Waals surface area (Å²) in [7, 11) is 0. The lowest BCUT2D eigenvalue weighted by atomic mass is 10.2. The van der Waals surface area contributed by atoms with Gasteiger partial charge in [0.05, 0.1) is 5.02 Å². The topological polar surface area (TPSA) is 88.8 Å². The number of fused-ring (bicyclic) bond motifs is 1. The molecular weight excluding hydrogens is 335 g/mol. The molecule has 0 aliphatic heterocycles. The van der Waals surface area contributed by atoms with Crippen molar-refractivity contribution in [1.82, 2.24) is 20.3 Å². The van der Waals surface area contributed by atoms with Gasteiger partial charge in [-0.1, -0.05) is 24.4 Å². The van der Waals surface area contributed by atoms with Gasteiger partial charge in [0.2, 0.25) is 11.3 Å². The molecule has 2 heterocycles. The van der Waals surface area contributed by atoms with Gasteiger partial charge in [-0.25, -0.2) is 19.0 Å². The molecular formula is C15H14ClFN6O. The Kier molecular flexibility index (Phi) is 3.89. The SMILES string of the molecule is Fc1cc(Nc2nc3nonc3nc2NC2CCCC2)ccc1Cl. The van der Waals surface area contributed by atoms with Crippen LogP contribution in [0, 0.1) is 5.82 Å². The lowest BCUT2D eigenvalue weighted by molar-refractivity contribution is 0.314. The minimum Gasteiger partial charge on any atom is -0.364 e. The number of halogens is 2. The third-order valence-electron chi connectivity index (χ3n) is 3.99. The number of anilines is 3. The maximum atomic E-state index is 13.7. The van der Waals surface area contributed by atoms with Crippen LogP contribution in [0.25, 0.3) is 11.3 Å². The summed E-state index contributed by atoms with van der Waals surface area (Å²) in [6.45, 7) is 0. The molecule has 1 aliphatic carbocycles. The molecule has 0 spiro atoms. The van der Waals surface area contributed by atoms with E-state index in [0.717, 1.165) is 12.8 Å². The number of hydrogen-bond acceptors (Lipinski definition) is 7. The van der Waals surface area contributed by atoms with Gasteiger partial charge in [0.25, 0.3) is 0 Å². The third kappa shape index (κ3) is 2.96. The zero-order valence-electron chi connectivity index (χ0n) is 12.6. The highest BCUT2D eigenvalue weighted by molar-refractivity contribution is 6.30. The van der Waals surface area contributed by atoms with Crippen LogP contribution in [0.5, 0.6) is 0 Å². The Hall–Kier alpha value is -2.48. The van der Waals surface area contributed by atoms with Crippen LogP contribution in [0.2, 0.25) is 5.02 Å². The van der Waals surface area contributed by atoms with Gasteiger partial charge < -0.3 is 10.6 Å². The van der Waals surface area contributed by atoms with E-state index in [4.69, 9.17) is 11.6 Å². The highest BCUT2D eigenvalue weighted by Crippen LogP contribution is 2.29. The average Bonchev–Trinajstić information content (AvgIpc) is 3.22. The third-order valence-corrected chi connectivity index (χ3v) is 4.30. The van der Waals surface area contributed by atoms with Gasteiger partial charge in [0.1, 0.15) is 5.82 Å². The van der Waals surface area contributed by atoms with Crippen molar-refractivity contribution in [2.75, 3.05) is 10.6 Å². The first kappa shape index (κ1) is 15.1. The fourth-order valence-electron chi connectivity index (χ4n) is 2.80. The number of benzene rings is 1. The molecule has 0 amide bonds.